The zero-order valence-corrected chi connectivity index (χ0v) is 14.2. The maximum atomic E-state index is 12.5. The molecule has 0 fully saturated rings. The molecule has 0 bridgehead atoms. The molecule has 0 aromatic heterocycles. The first kappa shape index (κ1) is 23.2. The number of ketones is 1. The Morgan fingerprint density at radius 2 is 1.21 bits per heavy atom. The molecule has 1 N–H and O–H groups in total. The maximum absolute atomic E-state index is 12.5. The van der Waals surface area contributed by atoms with E-state index in [1.807, 2.05) is 0 Å². The second kappa shape index (κ2) is 7.60. The Morgan fingerprint density at radius 3 is 1.50 bits per heavy atom. The predicted octanol–water partition coefficient (Wildman–Crippen LogP) is 4.75. The van der Waals surface area contributed by atoms with E-state index in [0.717, 1.165) is 0 Å². The molecule has 12 heteroatoms. The fraction of sp³-hybridized carbons (Fsp3) is 0.250. The van der Waals surface area contributed by atoms with Gasteiger partial charge < -0.3 is 5.11 Å². The molecule has 1 rings (SSSR count). The number of rotatable bonds is 2. The molecular formula is C12H5CeF9O2. The van der Waals surface area contributed by atoms with Crippen LogP contribution < -0.4 is 0 Å². The van der Waals surface area contributed by atoms with E-state index in [2.05, 4.69) is 0 Å². The van der Waals surface area contributed by atoms with E-state index >= 15 is 0 Å². The second-order valence-electron chi connectivity index (χ2n) is 4.19. The summed E-state index contributed by atoms with van der Waals surface area (Å²) in [5.41, 5.74) is -4.92. The summed E-state index contributed by atoms with van der Waals surface area (Å²) in [5, 5.41) is 9.24. The van der Waals surface area contributed by atoms with Crippen LogP contribution in [0.25, 0.3) is 5.76 Å². The summed E-state index contributed by atoms with van der Waals surface area (Å²) in [7, 11) is 0. The van der Waals surface area contributed by atoms with Gasteiger partial charge in [0.1, 0.15) is 5.76 Å². The van der Waals surface area contributed by atoms with E-state index in [9.17, 15) is 49.4 Å². The van der Waals surface area contributed by atoms with Crippen LogP contribution in [0.5, 0.6) is 0 Å². The van der Waals surface area contributed by atoms with Gasteiger partial charge in [0.25, 0.3) is 5.78 Å². The Morgan fingerprint density at radius 1 is 0.833 bits per heavy atom. The van der Waals surface area contributed by atoms with E-state index in [1.165, 1.54) is 0 Å². The van der Waals surface area contributed by atoms with Crippen molar-refractivity contribution in [1.29, 1.82) is 0 Å². The van der Waals surface area contributed by atoms with E-state index < -0.39 is 52.8 Å². The number of hydrogen-bond donors (Lipinski definition) is 1. The van der Waals surface area contributed by atoms with Crippen molar-refractivity contribution in [3.05, 3.63) is 41.0 Å². The summed E-state index contributed by atoms with van der Waals surface area (Å²) in [4.78, 5) is 10.6. The van der Waals surface area contributed by atoms with E-state index in [-0.39, 0.29) is 59.9 Å². The van der Waals surface area contributed by atoms with Crippen molar-refractivity contribution in [2.75, 3.05) is 0 Å². The molecule has 0 unspecified atom stereocenters. The van der Waals surface area contributed by atoms with Gasteiger partial charge in [0.15, 0.2) is 0 Å². The van der Waals surface area contributed by atoms with Crippen LogP contribution in [0.3, 0.4) is 0 Å². The fourth-order valence-corrected chi connectivity index (χ4v) is 1.39. The summed E-state index contributed by atoms with van der Waals surface area (Å²) < 4.78 is 111. The number of halogens is 9. The second-order valence-corrected chi connectivity index (χ2v) is 4.19. The molecule has 0 aliphatic heterocycles. The number of hydrogen-bond acceptors (Lipinski definition) is 2. The Kier molecular flexibility index (Phi) is 7.34. The zero-order valence-electron chi connectivity index (χ0n) is 11.1. The van der Waals surface area contributed by atoms with Crippen LogP contribution in [0.1, 0.15) is 16.7 Å². The number of benzene rings is 1. The van der Waals surface area contributed by atoms with Gasteiger partial charge in [-0.2, -0.15) is 39.5 Å². The van der Waals surface area contributed by atoms with Gasteiger partial charge in [0, 0.05) is 53.4 Å². The molecule has 0 saturated carbocycles. The van der Waals surface area contributed by atoms with E-state index in [0.29, 0.717) is 0 Å². The van der Waals surface area contributed by atoms with Crippen molar-refractivity contribution in [1.82, 2.24) is 0 Å². The van der Waals surface area contributed by atoms with Crippen LogP contribution in [-0.2, 0) is 17.1 Å². The molecule has 0 radical (unpaired) electrons. The van der Waals surface area contributed by atoms with Crippen molar-refractivity contribution < 1.29 is 91.2 Å². The summed E-state index contributed by atoms with van der Waals surface area (Å²) in [6, 6.07) is -0.294. The van der Waals surface area contributed by atoms with E-state index in [1.54, 1.807) is 0 Å². The number of aliphatic hydroxyl groups is 1. The zero-order chi connectivity index (χ0) is 18.2. The minimum Gasteiger partial charge on any atom is -0.507 e. The van der Waals surface area contributed by atoms with Gasteiger partial charge in [0.2, 0.25) is 0 Å². The third-order valence-electron chi connectivity index (χ3n) is 2.43. The number of aliphatic hydroxyl groups excluding tert-OH is 1. The standard InChI is InChI=1S/C12H5F9O2.Ce/c13-10(14,15)6-1-5(2-7(3-6)11(16,17)18)8(22)4-9(23)12(19,20)21;/h1-4,22H;/b8-4-;. The van der Waals surface area contributed by atoms with Crippen LogP contribution >= 0.6 is 0 Å². The average molecular weight is 492 g/mol. The molecule has 0 aliphatic rings. The van der Waals surface area contributed by atoms with Gasteiger partial charge in [-0.1, -0.05) is 0 Å². The normalized spacial score (nSPS) is 13.5. The molecule has 0 aliphatic carbocycles. The number of allylic oxidation sites excluding steroid dienone is 1. The minimum atomic E-state index is -5.44. The summed E-state index contributed by atoms with van der Waals surface area (Å²) >= 11 is 0. The van der Waals surface area contributed by atoms with Crippen molar-refractivity contribution in [3.63, 3.8) is 0 Å². The molecule has 0 saturated heterocycles. The molecule has 0 amide bonds. The Bertz CT molecular complexity index is 609. The van der Waals surface area contributed by atoms with Crippen molar-refractivity contribution >= 4 is 11.5 Å². The first-order chi connectivity index (χ1) is 10.1. The summed E-state index contributed by atoms with van der Waals surface area (Å²) in [5.74, 6) is -4.31. The number of carbonyl (C=O) groups is 1. The molecule has 132 valence electrons. The monoisotopic (exact) mass is 492 g/mol. The van der Waals surface area contributed by atoms with Gasteiger partial charge in [-0.15, -0.1) is 0 Å². The largest absolute Gasteiger partial charge is 0.507 e. The van der Waals surface area contributed by atoms with Crippen LogP contribution in [0.4, 0.5) is 39.5 Å². The quantitative estimate of drug-likeness (QED) is 0.368. The molecule has 24 heavy (non-hydrogen) atoms. The fourth-order valence-electron chi connectivity index (χ4n) is 1.39. The molecule has 0 heterocycles. The number of carbonyl (C=O) groups excluding carboxylic acids is 1. The SMILES string of the molecule is O=C(/C=C(\O)c1cc(C(F)(F)F)cc(C(F)(F)F)c1)C(F)(F)F.[Ce]. The molecule has 1 aromatic rings. The first-order valence-corrected chi connectivity index (χ1v) is 5.44. The van der Waals surface area contributed by atoms with Gasteiger partial charge in [-0.3, -0.25) is 4.79 Å². The van der Waals surface area contributed by atoms with Crippen LogP contribution in [0.2, 0.25) is 0 Å². The molecule has 0 atom stereocenters. The minimum absolute atomic E-state index is 0. The van der Waals surface area contributed by atoms with Crippen LogP contribution in [-0.4, -0.2) is 17.1 Å². The Labute approximate surface area is 161 Å². The topological polar surface area (TPSA) is 37.3 Å². The third kappa shape index (κ3) is 6.24. The summed E-state index contributed by atoms with van der Waals surface area (Å²) in [6.07, 6.45) is -16.4. The third-order valence-corrected chi connectivity index (χ3v) is 2.43. The van der Waals surface area contributed by atoms with Crippen molar-refractivity contribution in [2.45, 2.75) is 18.5 Å². The molecular weight excluding hydrogens is 487 g/mol. The van der Waals surface area contributed by atoms with Gasteiger partial charge in [-0.25, -0.2) is 0 Å². The van der Waals surface area contributed by atoms with Gasteiger partial charge in [-0.05, 0) is 18.2 Å². The van der Waals surface area contributed by atoms with Crippen LogP contribution in [0.15, 0.2) is 24.3 Å². The van der Waals surface area contributed by atoms with Crippen molar-refractivity contribution in [2.24, 2.45) is 0 Å². The molecule has 1 aromatic carbocycles. The van der Waals surface area contributed by atoms with E-state index in [4.69, 9.17) is 0 Å². The van der Waals surface area contributed by atoms with Crippen LogP contribution in [0, 0.1) is 41.7 Å². The van der Waals surface area contributed by atoms with Gasteiger partial charge >= 0.3 is 18.5 Å². The van der Waals surface area contributed by atoms with Gasteiger partial charge in [0.05, 0.1) is 11.1 Å². The predicted molar refractivity (Wildman–Crippen MR) is 58.1 cm³/mol. The Balaban J connectivity index is 0.00000529. The first-order valence-electron chi connectivity index (χ1n) is 5.44. The molecule has 0 spiro atoms. The Hall–Kier alpha value is -0.823. The molecule has 2 nitrogen and oxygen atoms in total. The van der Waals surface area contributed by atoms with Crippen molar-refractivity contribution in [3.8, 4) is 0 Å². The summed E-state index contributed by atoms with van der Waals surface area (Å²) in [6.45, 7) is 0. The average Bonchev–Trinajstić information content (AvgIpc) is 2.34. The number of alkyl halides is 9. The maximum Gasteiger partial charge on any atom is 0.454 e. The smallest absolute Gasteiger partial charge is 0.454 e.